The highest BCUT2D eigenvalue weighted by molar-refractivity contribution is 8.13. The first-order valence-electron chi connectivity index (χ1n) is 9.94. The molecule has 0 atom stereocenters. The van der Waals surface area contributed by atoms with Crippen LogP contribution in [0.4, 0.5) is 5.69 Å². The maximum absolute atomic E-state index is 11.9. The van der Waals surface area contributed by atoms with Crippen LogP contribution in [0.2, 0.25) is 5.04 Å². The van der Waals surface area contributed by atoms with Crippen LogP contribution in [0.15, 0.2) is 83.8 Å². The quantitative estimate of drug-likeness (QED) is 0.209. The Labute approximate surface area is 193 Å². The van der Waals surface area contributed by atoms with Gasteiger partial charge in [0.2, 0.25) is 0 Å². The Kier molecular flexibility index (Phi) is 6.90. The molecule has 0 unspecified atom stereocenters. The summed E-state index contributed by atoms with van der Waals surface area (Å²) in [5.41, 5.74) is -0.0722. The van der Waals surface area contributed by atoms with Gasteiger partial charge in [0.05, 0.1) is 11.5 Å². The van der Waals surface area contributed by atoms with Gasteiger partial charge in [0.15, 0.2) is 4.90 Å². The fourth-order valence-corrected chi connectivity index (χ4v) is 9.54. The summed E-state index contributed by atoms with van der Waals surface area (Å²) in [6.07, 6.45) is 0. The van der Waals surface area contributed by atoms with Crippen LogP contribution in [-0.2, 0) is 20.1 Å². The number of rotatable bonds is 7. The molecule has 0 bridgehead atoms. The van der Waals surface area contributed by atoms with Crippen molar-refractivity contribution in [3.8, 4) is 0 Å². The Morgan fingerprint density at radius 3 is 1.84 bits per heavy atom. The second-order valence-electron chi connectivity index (χ2n) is 8.45. The zero-order chi connectivity index (χ0) is 23.6. The van der Waals surface area contributed by atoms with Gasteiger partial charge in [-0.15, -0.1) is 0 Å². The lowest BCUT2D eigenvalue weighted by atomic mass is 10.2. The molecular formula is C23H24ClNO5SSi. The molecule has 3 aromatic carbocycles. The van der Waals surface area contributed by atoms with Gasteiger partial charge in [-0.05, 0) is 33.1 Å². The highest BCUT2D eigenvalue weighted by Gasteiger charge is 2.50. The molecule has 0 amide bonds. The molecule has 0 aromatic heterocycles. The van der Waals surface area contributed by atoms with Crippen molar-refractivity contribution in [3.05, 3.63) is 94.5 Å². The summed E-state index contributed by atoms with van der Waals surface area (Å²) in [4.78, 5) is 9.96. The molecule has 0 saturated heterocycles. The van der Waals surface area contributed by atoms with Crippen LogP contribution < -0.4 is 10.4 Å². The minimum absolute atomic E-state index is 0.0741. The Balaban J connectivity index is 2.13. The Bertz CT molecular complexity index is 1170. The number of halogens is 1. The third-order valence-electron chi connectivity index (χ3n) is 5.36. The second kappa shape index (κ2) is 9.15. The fraction of sp³-hybridized carbons (Fsp3) is 0.217. The molecule has 0 saturated carbocycles. The van der Waals surface area contributed by atoms with E-state index in [-0.39, 0.29) is 11.6 Å². The zero-order valence-corrected chi connectivity index (χ0v) is 20.6. The lowest BCUT2D eigenvalue weighted by molar-refractivity contribution is -0.387. The van der Waals surface area contributed by atoms with Crippen molar-refractivity contribution in [1.29, 1.82) is 0 Å². The number of hydrogen-bond acceptors (Lipinski definition) is 5. The van der Waals surface area contributed by atoms with Gasteiger partial charge < -0.3 is 4.43 Å². The van der Waals surface area contributed by atoms with E-state index in [0.717, 1.165) is 16.4 Å². The Hall–Kier alpha value is -2.52. The van der Waals surface area contributed by atoms with Crippen LogP contribution in [0.25, 0.3) is 0 Å². The highest BCUT2D eigenvalue weighted by atomic mass is 35.7. The van der Waals surface area contributed by atoms with Gasteiger partial charge in [-0.25, -0.2) is 8.42 Å². The van der Waals surface area contributed by atoms with Crippen molar-refractivity contribution < 1.29 is 17.8 Å². The van der Waals surface area contributed by atoms with Crippen molar-refractivity contribution in [2.24, 2.45) is 0 Å². The average Bonchev–Trinajstić information content (AvgIpc) is 2.74. The second-order valence-corrected chi connectivity index (χ2v) is 15.3. The molecule has 168 valence electrons. The molecule has 3 rings (SSSR count). The van der Waals surface area contributed by atoms with E-state index in [4.69, 9.17) is 15.1 Å². The number of nitro benzene ring substituents is 1. The molecule has 3 aromatic rings. The predicted octanol–water partition coefficient (Wildman–Crippen LogP) is 4.60. The third-order valence-corrected chi connectivity index (χ3v) is 11.7. The van der Waals surface area contributed by atoms with E-state index in [0.29, 0.717) is 5.56 Å². The van der Waals surface area contributed by atoms with E-state index in [2.05, 4.69) is 45.0 Å². The van der Waals surface area contributed by atoms with Gasteiger partial charge in [-0.3, -0.25) is 10.1 Å². The van der Waals surface area contributed by atoms with Crippen LogP contribution in [0, 0.1) is 10.1 Å². The molecule has 0 fully saturated rings. The van der Waals surface area contributed by atoms with Crippen LogP contribution in [0.3, 0.4) is 0 Å². The summed E-state index contributed by atoms with van der Waals surface area (Å²) in [5.74, 6) is 0. The van der Waals surface area contributed by atoms with E-state index in [9.17, 15) is 18.5 Å². The molecule has 0 spiro atoms. The summed E-state index contributed by atoms with van der Waals surface area (Å²) in [6.45, 7) is 6.46. The van der Waals surface area contributed by atoms with E-state index < -0.39 is 32.9 Å². The highest BCUT2D eigenvalue weighted by Crippen LogP contribution is 2.37. The standard InChI is InChI=1S/C23H24ClNO5SSi/c1-23(2,3)32(19-10-6-4-7-11-19,20-12-8-5-9-13-20)30-17-18-14-15-21(25(26)27)22(16-18)31(24,28)29/h4-16H,17H2,1-3H3. The largest absolute Gasteiger partial charge is 0.403 e. The van der Waals surface area contributed by atoms with Crippen LogP contribution >= 0.6 is 10.7 Å². The lowest BCUT2D eigenvalue weighted by Gasteiger charge is -2.43. The lowest BCUT2D eigenvalue weighted by Crippen LogP contribution is -2.66. The molecule has 0 heterocycles. The van der Waals surface area contributed by atoms with Crippen molar-refractivity contribution in [1.82, 2.24) is 0 Å². The number of nitro groups is 1. The molecular weight excluding hydrogens is 466 g/mol. The summed E-state index contributed by atoms with van der Waals surface area (Å²) in [5, 5.41) is 13.1. The SMILES string of the molecule is CC(C)(C)[Si](OCc1ccc([N+](=O)[O-])c(S(=O)(=O)Cl)c1)(c1ccccc1)c1ccccc1. The van der Waals surface area contributed by atoms with Crippen molar-refractivity contribution in [2.45, 2.75) is 37.3 Å². The molecule has 0 radical (unpaired) electrons. The Morgan fingerprint density at radius 1 is 0.938 bits per heavy atom. The van der Waals surface area contributed by atoms with Gasteiger partial charge in [-0.1, -0.05) is 81.4 Å². The monoisotopic (exact) mass is 489 g/mol. The average molecular weight is 490 g/mol. The van der Waals surface area contributed by atoms with Crippen molar-refractivity contribution >= 4 is 44.1 Å². The first kappa shape index (κ1) is 24.1. The molecule has 0 aliphatic carbocycles. The number of hydrogen-bond donors (Lipinski definition) is 0. The van der Waals surface area contributed by atoms with E-state index in [1.54, 1.807) is 0 Å². The van der Waals surface area contributed by atoms with E-state index in [1.807, 2.05) is 36.4 Å². The number of benzene rings is 3. The first-order valence-corrected chi connectivity index (χ1v) is 14.2. The summed E-state index contributed by atoms with van der Waals surface area (Å²) in [7, 11) is -1.68. The smallest absolute Gasteiger partial charge is 0.289 e. The van der Waals surface area contributed by atoms with Crippen LogP contribution in [0.1, 0.15) is 26.3 Å². The van der Waals surface area contributed by atoms with E-state index in [1.165, 1.54) is 12.1 Å². The van der Waals surface area contributed by atoms with Gasteiger partial charge in [0, 0.05) is 16.7 Å². The fourth-order valence-electron chi connectivity index (χ4n) is 3.95. The van der Waals surface area contributed by atoms with Gasteiger partial charge in [0.25, 0.3) is 23.1 Å². The van der Waals surface area contributed by atoms with Crippen LogP contribution in [-0.4, -0.2) is 21.7 Å². The maximum atomic E-state index is 11.9. The van der Waals surface area contributed by atoms with Crippen LogP contribution in [0.5, 0.6) is 0 Å². The summed E-state index contributed by atoms with van der Waals surface area (Å²) >= 11 is 0. The Morgan fingerprint density at radius 2 is 1.44 bits per heavy atom. The third kappa shape index (κ3) is 4.78. The predicted molar refractivity (Wildman–Crippen MR) is 129 cm³/mol. The molecule has 0 aliphatic rings. The topological polar surface area (TPSA) is 86.5 Å². The first-order chi connectivity index (χ1) is 15.0. The van der Waals surface area contributed by atoms with Gasteiger partial charge in [-0.2, -0.15) is 0 Å². The van der Waals surface area contributed by atoms with Gasteiger partial charge in [0.1, 0.15) is 0 Å². The molecule has 32 heavy (non-hydrogen) atoms. The van der Waals surface area contributed by atoms with Crippen molar-refractivity contribution in [2.75, 3.05) is 0 Å². The molecule has 0 N–H and O–H groups in total. The summed E-state index contributed by atoms with van der Waals surface area (Å²) in [6, 6.07) is 23.9. The van der Waals surface area contributed by atoms with E-state index >= 15 is 0 Å². The maximum Gasteiger partial charge on any atom is 0.289 e. The molecule has 6 nitrogen and oxygen atoms in total. The molecule has 0 aliphatic heterocycles. The number of nitrogens with zero attached hydrogens (tertiary/aromatic N) is 1. The minimum atomic E-state index is -4.30. The van der Waals surface area contributed by atoms with Gasteiger partial charge >= 0.3 is 0 Å². The normalized spacial score (nSPS) is 12.5. The zero-order valence-electron chi connectivity index (χ0n) is 18.0. The summed E-state index contributed by atoms with van der Waals surface area (Å²) < 4.78 is 30.6. The van der Waals surface area contributed by atoms with Crippen molar-refractivity contribution in [3.63, 3.8) is 0 Å². The molecule has 9 heteroatoms. The minimum Gasteiger partial charge on any atom is -0.403 e.